The normalized spacial score (nSPS) is 25.1. The van der Waals surface area contributed by atoms with Crippen molar-refractivity contribution >= 4 is 5.91 Å². The molecular formula is C13H27N3O2. The van der Waals surface area contributed by atoms with E-state index in [1.807, 2.05) is 7.05 Å². The second-order valence-electron chi connectivity index (χ2n) is 5.20. The van der Waals surface area contributed by atoms with E-state index in [-0.39, 0.29) is 12.0 Å². The van der Waals surface area contributed by atoms with Crippen molar-refractivity contribution in [1.29, 1.82) is 0 Å². The zero-order valence-electron chi connectivity index (χ0n) is 11.9. The van der Waals surface area contributed by atoms with E-state index < -0.39 is 0 Å². The predicted octanol–water partition coefficient (Wildman–Crippen LogP) is 0.293. The monoisotopic (exact) mass is 257 g/mol. The van der Waals surface area contributed by atoms with Gasteiger partial charge in [-0.15, -0.1) is 0 Å². The summed E-state index contributed by atoms with van der Waals surface area (Å²) in [6.45, 7) is 8.11. The summed E-state index contributed by atoms with van der Waals surface area (Å²) in [6.07, 6.45) is 1.72. The number of amides is 1. The lowest BCUT2D eigenvalue weighted by atomic mass is 10.2. The van der Waals surface area contributed by atoms with E-state index >= 15 is 0 Å². The quantitative estimate of drug-likeness (QED) is 0.743. The first-order valence-electron chi connectivity index (χ1n) is 6.84. The second-order valence-corrected chi connectivity index (χ2v) is 5.20. The first kappa shape index (κ1) is 15.4. The van der Waals surface area contributed by atoms with Crippen LogP contribution in [0.15, 0.2) is 0 Å². The molecule has 0 aromatic heterocycles. The molecule has 2 atom stereocenters. The van der Waals surface area contributed by atoms with Gasteiger partial charge in [0.25, 0.3) is 0 Å². The Hall–Kier alpha value is -0.650. The van der Waals surface area contributed by atoms with Crippen molar-refractivity contribution in [2.45, 2.75) is 38.8 Å². The molecule has 18 heavy (non-hydrogen) atoms. The van der Waals surface area contributed by atoms with Gasteiger partial charge in [0.2, 0.25) is 5.91 Å². The van der Waals surface area contributed by atoms with E-state index in [9.17, 15) is 4.79 Å². The van der Waals surface area contributed by atoms with E-state index in [0.717, 1.165) is 32.7 Å². The molecule has 0 aliphatic carbocycles. The molecule has 0 saturated carbocycles. The highest BCUT2D eigenvalue weighted by atomic mass is 16.5. The third-order valence-corrected chi connectivity index (χ3v) is 3.47. The van der Waals surface area contributed by atoms with Crippen LogP contribution in [0, 0.1) is 0 Å². The molecule has 106 valence electrons. The lowest BCUT2D eigenvalue weighted by Crippen LogP contribution is -2.48. The van der Waals surface area contributed by atoms with E-state index in [4.69, 9.17) is 10.5 Å². The van der Waals surface area contributed by atoms with Crippen LogP contribution in [0.2, 0.25) is 0 Å². The van der Waals surface area contributed by atoms with Crippen LogP contribution in [0.5, 0.6) is 0 Å². The van der Waals surface area contributed by atoms with Crippen LogP contribution in [0.25, 0.3) is 0 Å². The number of morpholine rings is 1. The maximum atomic E-state index is 11.9. The van der Waals surface area contributed by atoms with Gasteiger partial charge in [0, 0.05) is 39.1 Å². The van der Waals surface area contributed by atoms with Gasteiger partial charge in [-0.05, 0) is 26.8 Å². The summed E-state index contributed by atoms with van der Waals surface area (Å²) in [5.74, 6) is 0.204. The molecule has 1 fully saturated rings. The summed E-state index contributed by atoms with van der Waals surface area (Å²) in [6, 6.07) is 0.406. The van der Waals surface area contributed by atoms with Gasteiger partial charge in [-0.25, -0.2) is 0 Å². The second kappa shape index (κ2) is 7.71. The third-order valence-electron chi connectivity index (χ3n) is 3.47. The van der Waals surface area contributed by atoms with Gasteiger partial charge < -0.3 is 15.4 Å². The molecule has 0 aromatic carbocycles. The first-order valence-corrected chi connectivity index (χ1v) is 6.84. The minimum Gasteiger partial charge on any atom is -0.376 e. The summed E-state index contributed by atoms with van der Waals surface area (Å²) < 4.78 is 5.58. The van der Waals surface area contributed by atoms with Gasteiger partial charge in [0.15, 0.2) is 0 Å². The highest BCUT2D eigenvalue weighted by Crippen LogP contribution is 2.11. The van der Waals surface area contributed by atoms with Crippen molar-refractivity contribution in [3.05, 3.63) is 0 Å². The molecule has 1 rings (SSSR count). The number of carbonyl (C=O) groups is 1. The summed E-state index contributed by atoms with van der Waals surface area (Å²) in [5.41, 5.74) is 5.44. The van der Waals surface area contributed by atoms with Crippen molar-refractivity contribution in [1.82, 2.24) is 9.80 Å². The van der Waals surface area contributed by atoms with Crippen LogP contribution in [-0.2, 0) is 9.53 Å². The fraction of sp³-hybridized carbons (Fsp3) is 0.923. The summed E-state index contributed by atoms with van der Waals surface area (Å²) >= 11 is 0. The van der Waals surface area contributed by atoms with Crippen LogP contribution in [0.1, 0.15) is 26.7 Å². The molecule has 1 aliphatic rings. The van der Waals surface area contributed by atoms with Crippen LogP contribution in [0.3, 0.4) is 0 Å². The van der Waals surface area contributed by atoms with Gasteiger partial charge in [0.1, 0.15) is 0 Å². The number of nitrogens with zero attached hydrogens (tertiary/aromatic N) is 2. The summed E-state index contributed by atoms with van der Waals surface area (Å²) in [5, 5.41) is 0. The Bertz CT molecular complexity index is 261. The molecule has 5 heteroatoms. The minimum atomic E-state index is 0.204. The van der Waals surface area contributed by atoms with Crippen LogP contribution < -0.4 is 5.73 Å². The average molecular weight is 257 g/mol. The zero-order chi connectivity index (χ0) is 13.5. The summed E-state index contributed by atoms with van der Waals surface area (Å²) in [7, 11) is 1.85. The fourth-order valence-corrected chi connectivity index (χ4v) is 2.17. The molecule has 2 unspecified atom stereocenters. The number of hydrogen-bond acceptors (Lipinski definition) is 4. The van der Waals surface area contributed by atoms with Crippen molar-refractivity contribution in [2.24, 2.45) is 5.73 Å². The molecule has 2 N–H and O–H groups in total. The van der Waals surface area contributed by atoms with E-state index in [2.05, 4.69) is 18.7 Å². The molecule has 0 bridgehead atoms. The van der Waals surface area contributed by atoms with Crippen LogP contribution in [0.4, 0.5) is 0 Å². The van der Waals surface area contributed by atoms with Crippen molar-refractivity contribution in [2.75, 3.05) is 39.8 Å². The smallest absolute Gasteiger partial charge is 0.223 e. The van der Waals surface area contributed by atoms with Gasteiger partial charge in [-0.1, -0.05) is 0 Å². The standard InChI is InChI=1S/C13H27N3O2/c1-11-10-18-12(2)9-16(11)8-5-13(17)15(3)7-4-6-14/h11-12H,4-10,14H2,1-3H3. The molecule has 0 aromatic rings. The SMILES string of the molecule is CC1CN(CCC(=O)N(C)CCCN)C(C)CO1. The maximum Gasteiger partial charge on any atom is 0.223 e. The van der Waals surface area contributed by atoms with Crippen molar-refractivity contribution < 1.29 is 9.53 Å². The molecule has 0 spiro atoms. The highest BCUT2D eigenvalue weighted by Gasteiger charge is 2.23. The number of rotatable bonds is 6. The van der Waals surface area contributed by atoms with E-state index in [0.29, 0.717) is 19.0 Å². The number of hydrogen-bond donors (Lipinski definition) is 1. The molecule has 0 radical (unpaired) electrons. The van der Waals surface area contributed by atoms with E-state index in [1.165, 1.54) is 0 Å². The lowest BCUT2D eigenvalue weighted by molar-refractivity contribution is -0.131. The maximum absolute atomic E-state index is 11.9. The molecule has 1 aliphatic heterocycles. The topological polar surface area (TPSA) is 58.8 Å². The number of nitrogens with two attached hydrogens (primary N) is 1. The Morgan fingerprint density at radius 3 is 2.89 bits per heavy atom. The zero-order valence-corrected chi connectivity index (χ0v) is 11.9. The first-order chi connectivity index (χ1) is 8.54. The Morgan fingerprint density at radius 2 is 2.22 bits per heavy atom. The molecule has 5 nitrogen and oxygen atoms in total. The van der Waals surface area contributed by atoms with Crippen molar-refractivity contribution in [3.8, 4) is 0 Å². The fourth-order valence-electron chi connectivity index (χ4n) is 2.17. The van der Waals surface area contributed by atoms with Crippen LogP contribution >= 0.6 is 0 Å². The molecule has 1 amide bonds. The average Bonchev–Trinajstić information content (AvgIpc) is 2.36. The van der Waals surface area contributed by atoms with Gasteiger partial charge in [0.05, 0.1) is 12.7 Å². The third kappa shape index (κ3) is 4.92. The largest absolute Gasteiger partial charge is 0.376 e. The summed E-state index contributed by atoms with van der Waals surface area (Å²) in [4.78, 5) is 16.0. The Balaban J connectivity index is 2.28. The van der Waals surface area contributed by atoms with E-state index in [1.54, 1.807) is 4.90 Å². The lowest BCUT2D eigenvalue weighted by Gasteiger charge is -2.36. The number of carbonyl (C=O) groups excluding carboxylic acids is 1. The highest BCUT2D eigenvalue weighted by molar-refractivity contribution is 5.76. The Kier molecular flexibility index (Phi) is 6.60. The van der Waals surface area contributed by atoms with Crippen LogP contribution in [-0.4, -0.2) is 67.7 Å². The van der Waals surface area contributed by atoms with Crippen molar-refractivity contribution in [3.63, 3.8) is 0 Å². The number of ether oxygens (including phenoxy) is 1. The Morgan fingerprint density at radius 1 is 1.50 bits per heavy atom. The minimum absolute atomic E-state index is 0.204. The molecular weight excluding hydrogens is 230 g/mol. The van der Waals surface area contributed by atoms with Gasteiger partial charge in [-0.3, -0.25) is 9.69 Å². The van der Waals surface area contributed by atoms with Gasteiger partial charge in [-0.2, -0.15) is 0 Å². The van der Waals surface area contributed by atoms with Gasteiger partial charge >= 0.3 is 0 Å². The predicted molar refractivity (Wildman–Crippen MR) is 72.4 cm³/mol. The molecule has 1 saturated heterocycles. The molecule has 1 heterocycles. The Labute approximate surface area is 110 Å².